The van der Waals surface area contributed by atoms with Crippen LogP contribution in [0.25, 0.3) is 33.2 Å². The molecule has 2 nitrogen and oxygen atoms in total. The highest BCUT2D eigenvalue weighted by molar-refractivity contribution is 6.06. The van der Waals surface area contributed by atoms with Gasteiger partial charge in [-0.3, -0.25) is 0 Å². The van der Waals surface area contributed by atoms with E-state index in [0.717, 1.165) is 38.9 Å². The third-order valence-corrected chi connectivity index (χ3v) is 3.85. The van der Waals surface area contributed by atoms with Crippen LogP contribution in [0.5, 0.6) is 0 Å². The summed E-state index contributed by atoms with van der Waals surface area (Å²) >= 11 is 0. The zero-order valence-electron chi connectivity index (χ0n) is 12.1. The Kier molecular flexibility index (Phi) is 2.58. The maximum atomic E-state index is 5.97. The van der Waals surface area contributed by atoms with Crippen molar-refractivity contribution in [2.24, 2.45) is 0 Å². The number of aromatic nitrogens is 1. The summed E-state index contributed by atoms with van der Waals surface area (Å²) in [6.45, 7) is 4.11. The Labute approximate surface area is 123 Å². The average molecular weight is 273 g/mol. The number of pyridine rings is 1. The molecule has 0 aliphatic carbocycles. The number of rotatable bonds is 1. The lowest BCUT2D eigenvalue weighted by molar-refractivity contribution is 0.663. The van der Waals surface area contributed by atoms with Gasteiger partial charge in [-0.2, -0.15) is 0 Å². The molecule has 0 bridgehead atoms. The van der Waals surface area contributed by atoms with Gasteiger partial charge in [0.05, 0.1) is 11.4 Å². The molecule has 0 fully saturated rings. The first kappa shape index (κ1) is 12.2. The van der Waals surface area contributed by atoms with Gasteiger partial charge in [-0.15, -0.1) is 0 Å². The number of aryl methyl sites for hydroxylation is 2. The maximum Gasteiger partial charge on any atom is 0.156 e. The molecule has 4 rings (SSSR count). The summed E-state index contributed by atoms with van der Waals surface area (Å²) in [6.07, 6.45) is 0. The van der Waals surface area contributed by atoms with E-state index in [1.54, 1.807) is 0 Å². The molecule has 0 unspecified atom stereocenters. The van der Waals surface area contributed by atoms with Crippen LogP contribution in [0, 0.1) is 13.8 Å². The number of hydrogen-bond acceptors (Lipinski definition) is 2. The number of hydrogen-bond donors (Lipinski definition) is 0. The van der Waals surface area contributed by atoms with Crippen molar-refractivity contribution >= 4 is 21.9 Å². The molecular weight excluding hydrogens is 258 g/mol. The van der Waals surface area contributed by atoms with Gasteiger partial charge < -0.3 is 4.42 Å². The van der Waals surface area contributed by atoms with Crippen molar-refractivity contribution in [3.05, 3.63) is 65.9 Å². The molecule has 0 aliphatic heterocycles. The normalized spacial score (nSPS) is 11.3. The van der Waals surface area contributed by atoms with E-state index < -0.39 is 0 Å². The lowest BCUT2D eigenvalue weighted by atomic mass is 10.1. The van der Waals surface area contributed by atoms with Crippen molar-refractivity contribution in [3.8, 4) is 11.3 Å². The van der Waals surface area contributed by atoms with Crippen molar-refractivity contribution in [2.45, 2.75) is 13.8 Å². The number of furan rings is 1. The van der Waals surface area contributed by atoms with Gasteiger partial charge >= 0.3 is 0 Å². The van der Waals surface area contributed by atoms with Crippen molar-refractivity contribution in [1.29, 1.82) is 0 Å². The Balaban J connectivity index is 2.08. The highest BCUT2D eigenvalue weighted by atomic mass is 16.3. The van der Waals surface area contributed by atoms with Crippen LogP contribution < -0.4 is 0 Å². The van der Waals surface area contributed by atoms with E-state index in [9.17, 15) is 0 Å². The molecule has 0 radical (unpaired) electrons. The summed E-state index contributed by atoms with van der Waals surface area (Å²) < 4.78 is 5.97. The van der Waals surface area contributed by atoms with Gasteiger partial charge in [-0.1, -0.05) is 42.0 Å². The summed E-state index contributed by atoms with van der Waals surface area (Å²) in [7, 11) is 0. The Hall–Kier alpha value is -2.61. The topological polar surface area (TPSA) is 26.0 Å². The summed E-state index contributed by atoms with van der Waals surface area (Å²) in [5.41, 5.74) is 6.09. The van der Waals surface area contributed by atoms with Crippen LogP contribution in [0.15, 0.2) is 59.0 Å². The summed E-state index contributed by atoms with van der Waals surface area (Å²) in [5, 5.41) is 2.30. The van der Waals surface area contributed by atoms with Gasteiger partial charge in [0.1, 0.15) is 5.58 Å². The second kappa shape index (κ2) is 4.45. The van der Waals surface area contributed by atoms with Gasteiger partial charge in [-0.25, -0.2) is 4.98 Å². The third-order valence-electron chi connectivity index (χ3n) is 3.85. The fourth-order valence-electron chi connectivity index (χ4n) is 2.80. The Bertz CT molecular complexity index is 952. The average Bonchev–Trinajstić information content (AvgIpc) is 2.87. The molecule has 102 valence electrons. The van der Waals surface area contributed by atoms with E-state index in [1.807, 2.05) is 31.2 Å². The zero-order valence-corrected chi connectivity index (χ0v) is 12.1. The first-order valence-corrected chi connectivity index (χ1v) is 7.08. The van der Waals surface area contributed by atoms with E-state index in [4.69, 9.17) is 9.40 Å². The predicted molar refractivity (Wildman–Crippen MR) is 86.4 cm³/mol. The van der Waals surface area contributed by atoms with Crippen LogP contribution in [-0.2, 0) is 0 Å². The van der Waals surface area contributed by atoms with E-state index in [-0.39, 0.29) is 0 Å². The first-order chi connectivity index (χ1) is 10.2. The minimum absolute atomic E-state index is 0.885. The maximum absolute atomic E-state index is 5.97. The molecule has 2 heterocycles. The molecule has 4 aromatic rings. The minimum atomic E-state index is 0.885. The highest BCUT2D eigenvalue weighted by Gasteiger charge is 2.12. The summed E-state index contributed by atoms with van der Waals surface area (Å²) in [4.78, 5) is 4.70. The van der Waals surface area contributed by atoms with E-state index in [0.29, 0.717) is 0 Å². The second-order valence-corrected chi connectivity index (χ2v) is 5.44. The van der Waals surface area contributed by atoms with E-state index in [2.05, 4.69) is 37.3 Å². The predicted octanol–water partition coefficient (Wildman–Crippen LogP) is 5.26. The van der Waals surface area contributed by atoms with Gasteiger partial charge in [-0.05, 0) is 32.0 Å². The molecule has 0 atom stereocenters. The van der Waals surface area contributed by atoms with Crippen LogP contribution in [0.1, 0.15) is 11.3 Å². The molecule has 2 aromatic carbocycles. The molecule has 0 saturated carbocycles. The molecule has 2 aromatic heterocycles. The first-order valence-electron chi connectivity index (χ1n) is 7.08. The standard InChI is InChI=1S/C19H15NO/c1-12-8-9-18-15(10-12)16-11-17(14-6-4-3-5-7-14)20-13(2)19(16)21-18/h3-11H,1-2H3. The smallest absolute Gasteiger partial charge is 0.156 e. The highest BCUT2D eigenvalue weighted by Crippen LogP contribution is 2.33. The van der Waals surface area contributed by atoms with Gasteiger partial charge in [0.25, 0.3) is 0 Å². The molecule has 0 saturated heterocycles. The van der Waals surface area contributed by atoms with Gasteiger partial charge in [0.2, 0.25) is 0 Å². The molecule has 21 heavy (non-hydrogen) atoms. The number of benzene rings is 2. The number of fused-ring (bicyclic) bond motifs is 3. The zero-order chi connectivity index (χ0) is 14.4. The Morgan fingerprint density at radius 2 is 1.67 bits per heavy atom. The fourth-order valence-corrected chi connectivity index (χ4v) is 2.80. The van der Waals surface area contributed by atoms with Crippen LogP contribution in [0.4, 0.5) is 0 Å². The third kappa shape index (κ3) is 1.91. The molecule has 0 amide bonds. The SMILES string of the molecule is Cc1ccc2oc3c(C)nc(-c4ccccc4)cc3c2c1. The number of nitrogens with zero attached hydrogens (tertiary/aromatic N) is 1. The summed E-state index contributed by atoms with van der Waals surface area (Å²) in [5.74, 6) is 0. The summed E-state index contributed by atoms with van der Waals surface area (Å²) in [6, 6.07) is 18.7. The lowest BCUT2D eigenvalue weighted by Gasteiger charge is -2.03. The van der Waals surface area contributed by atoms with E-state index >= 15 is 0 Å². The van der Waals surface area contributed by atoms with Crippen molar-refractivity contribution < 1.29 is 4.42 Å². The molecular formula is C19H15NO. The Morgan fingerprint density at radius 3 is 2.48 bits per heavy atom. The van der Waals surface area contributed by atoms with Crippen molar-refractivity contribution in [1.82, 2.24) is 4.98 Å². The van der Waals surface area contributed by atoms with Crippen LogP contribution in [-0.4, -0.2) is 4.98 Å². The fraction of sp³-hybridized carbons (Fsp3) is 0.105. The van der Waals surface area contributed by atoms with Crippen LogP contribution in [0.2, 0.25) is 0 Å². The minimum Gasteiger partial charge on any atom is -0.454 e. The molecule has 0 aliphatic rings. The quantitative estimate of drug-likeness (QED) is 0.472. The second-order valence-electron chi connectivity index (χ2n) is 5.44. The van der Waals surface area contributed by atoms with Gasteiger partial charge in [0.15, 0.2) is 5.58 Å². The van der Waals surface area contributed by atoms with Crippen LogP contribution in [0.3, 0.4) is 0 Å². The Morgan fingerprint density at radius 1 is 0.857 bits per heavy atom. The molecule has 0 spiro atoms. The monoisotopic (exact) mass is 273 g/mol. The largest absolute Gasteiger partial charge is 0.454 e. The van der Waals surface area contributed by atoms with Crippen LogP contribution >= 0.6 is 0 Å². The molecule has 0 N–H and O–H groups in total. The lowest BCUT2D eigenvalue weighted by Crippen LogP contribution is -1.87. The molecule has 2 heteroatoms. The van der Waals surface area contributed by atoms with Crippen molar-refractivity contribution in [2.75, 3.05) is 0 Å². The van der Waals surface area contributed by atoms with Gasteiger partial charge in [0, 0.05) is 16.3 Å². The van der Waals surface area contributed by atoms with E-state index in [1.165, 1.54) is 5.56 Å². The van der Waals surface area contributed by atoms with Crippen molar-refractivity contribution in [3.63, 3.8) is 0 Å².